The largest absolute Gasteiger partial charge is 0.354 e. The van der Waals surface area contributed by atoms with Crippen LogP contribution in [0.4, 0.5) is 0 Å². The third-order valence-electron chi connectivity index (χ3n) is 4.29. The van der Waals surface area contributed by atoms with Crippen LogP contribution in [0.15, 0.2) is 24.3 Å². The summed E-state index contributed by atoms with van der Waals surface area (Å²) in [6.45, 7) is 8.59. The molecule has 0 unspecified atom stereocenters. The van der Waals surface area contributed by atoms with Gasteiger partial charge in [0.15, 0.2) is 0 Å². The van der Waals surface area contributed by atoms with Gasteiger partial charge in [0, 0.05) is 12.0 Å². The number of rotatable bonds is 8. The first-order valence-electron chi connectivity index (χ1n) is 8.08. The Kier molecular flexibility index (Phi) is 7.37. The fourth-order valence-corrected chi connectivity index (χ4v) is 2.39. The minimum Gasteiger partial charge on any atom is -0.354 e. The predicted octanol–water partition coefficient (Wildman–Crippen LogP) is 3.06. The van der Waals surface area contributed by atoms with Crippen molar-refractivity contribution < 1.29 is 4.79 Å². The topological polar surface area (TPSA) is 41.1 Å². The van der Waals surface area contributed by atoms with Gasteiger partial charge >= 0.3 is 0 Å². The molecule has 3 nitrogen and oxygen atoms in total. The van der Waals surface area contributed by atoms with E-state index < -0.39 is 0 Å². The van der Waals surface area contributed by atoms with E-state index in [1.165, 1.54) is 24.0 Å². The first-order valence-corrected chi connectivity index (χ1v) is 8.08. The summed E-state index contributed by atoms with van der Waals surface area (Å²) in [5.41, 5.74) is 2.58. The summed E-state index contributed by atoms with van der Waals surface area (Å²) in [6.07, 6.45) is 3.69. The molecular formula is C18H29ClN2O. The van der Waals surface area contributed by atoms with Crippen LogP contribution in [-0.2, 0) is 16.6 Å². The maximum Gasteiger partial charge on any atom is 0.233 e. The van der Waals surface area contributed by atoms with E-state index >= 15 is 0 Å². The Balaban J connectivity index is 0.00000242. The van der Waals surface area contributed by atoms with Crippen LogP contribution in [0.5, 0.6) is 0 Å². The molecule has 22 heavy (non-hydrogen) atoms. The molecule has 1 aromatic carbocycles. The lowest BCUT2D eigenvalue weighted by Crippen LogP contribution is -2.41. The molecule has 0 aliphatic heterocycles. The second-order valence-corrected chi connectivity index (χ2v) is 6.79. The Hall–Kier alpha value is -1.06. The van der Waals surface area contributed by atoms with Crippen LogP contribution in [0.1, 0.15) is 44.7 Å². The van der Waals surface area contributed by atoms with Gasteiger partial charge in [0.1, 0.15) is 0 Å². The summed E-state index contributed by atoms with van der Waals surface area (Å²) < 4.78 is 0. The summed E-state index contributed by atoms with van der Waals surface area (Å²) in [4.78, 5) is 11.8. The van der Waals surface area contributed by atoms with Crippen LogP contribution in [-0.4, -0.2) is 25.5 Å². The standard InChI is InChI=1S/C18H28N2O.ClH/c1-4-14-7-9-16(10-8-14)18(2,3)13-20-17(21)12-19-11-15-5-6-15;/h7-10,15,19H,4-6,11-13H2,1-3H3,(H,20,21);1H. The summed E-state index contributed by atoms with van der Waals surface area (Å²) >= 11 is 0. The molecule has 0 heterocycles. The summed E-state index contributed by atoms with van der Waals surface area (Å²) in [5.74, 6) is 0.903. The molecule has 2 rings (SSSR count). The van der Waals surface area contributed by atoms with E-state index in [4.69, 9.17) is 0 Å². The van der Waals surface area contributed by atoms with E-state index in [1.807, 2.05) is 0 Å². The third-order valence-corrected chi connectivity index (χ3v) is 4.29. The van der Waals surface area contributed by atoms with Gasteiger partial charge < -0.3 is 10.6 Å². The van der Waals surface area contributed by atoms with Crippen molar-refractivity contribution in [2.45, 2.75) is 45.4 Å². The molecule has 0 aromatic heterocycles. The Labute approximate surface area is 140 Å². The number of amides is 1. The van der Waals surface area contributed by atoms with Crippen LogP contribution in [0, 0.1) is 5.92 Å². The van der Waals surface area contributed by atoms with Gasteiger partial charge in [-0.05, 0) is 42.9 Å². The van der Waals surface area contributed by atoms with Crippen molar-refractivity contribution in [2.75, 3.05) is 19.6 Å². The predicted molar refractivity (Wildman–Crippen MR) is 94.7 cm³/mol. The van der Waals surface area contributed by atoms with Gasteiger partial charge in [0.05, 0.1) is 6.54 Å². The number of hydrogen-bond acceptors (Lipinski definition) is 2. The molecule has 1 saturated carbocycles. The molecule has 1 aliphatic carbocycles. The highest BCUT2D eigenvalue weighted by molar-refractivity contribution is 5.85. The van der Waals surface area contributed by atoms with Crippen LogP contribution in [0.25, 0.3) is 0 Å². The van der Waals surface area contributed by atoms with E-state index in [9.17, 15) is 4.79 Å². The molecule has 0 atom stereocenters. The first-order chi connectivity index (χ1) is 10.0. The first kappa shape index (κ1) is 19.0. The van der Waals surface area contributed by atoms with Crippen molar-refractivity contribution in [2.24, 2.45) is 5.92 Å². The fraction of sp³-hybridized carbons (Fsp3) is 0.611. The normalized spacial score (nSPS) is 14.3. The monoisotopic (exact) mass is 324 g/mol. The third kappa shape index (κ3) is 5.98. The second-order valence-electron chi connectivity index (χ2n) is 6.79. The molecule has 1 fully saturated rings. The highest BCUT2D eigenvalue weighted by Crippen LogP contribution is 2.27. The second kappa shape index (κ2) is 8.54. The van der Waals surface area contributed by atoms with Crippen molar-refractivity contribution in [3.05, 3.63) is 35.4 Å². The Morgan fingerprint density at radius 1 is 1.23 bits per heavy atom. The molecule has 0 radical (unpaired) electrons. The zero-order valence-electron chi connectivity index (χ0n) is 13.9. The van der Waals surface area contributed by atoms with Crippen molar-refractivity contribution in [1.82, 2.24) is 10.6 Å². The van der Waals surface area contributed by atoms with E-state index in [2.05, 4.69) is 55.7 Å². The molecule has 1 aromatic rings. The van der Waals surface area contributed by atoms with Crippen LogP contribution in [0.2, 0.25) is 0 Å². The lowest BCUT2D eigenvalue weighted by atomic mass is 9.84. The van der Waals surface area contributed by atoms with Crippen LogP contribution >= 0.6 is 12.4 Å². The summed E-state index contributed by atoms with van der Waals surface area (Å²) in [6, 6.07) is 8.71. The number of benzene rings is 1. The zero-order chi connectivity index (χ0) is 15.3. The van der Waals surface area contributed by atoms with Gasteiger partial charge in [-0.2, -0.15) is 0 Å². The lowest BCUT2D eigenvalue weighted by Gasteiger charge is -2.26. The highest BCUT2D eigenvalue weighted by atomic mass is 35.5. The van der Waals surface area contributed by atoms with Crippen molar-refractivity contribution in [3.8, 4) is 0 Å². The zero-order valence-corrected chi connectivity index (χ0v) is 14.8. The molecule has 0 bridgehead atoms. The van der Waals surface area contributed by atoms with E-state index in [0.717, 1.165) is 18.9 Å². The maximum atomic E-state index is 11.8. The van der Waals surface area contributed by atoms with Gasteiger partial charge in [-0.3, -0.25) is 4.79 Å². The average Bonchev–Trinajstić information content (AvgIpc) is 3.29. The quantitative estimate of drug-likeness (QED) is 0.771. The number of carbonyl (C=O) groups excluding carboxylic acids is 1. The van der Waals surface area contributed by atoms with Gasteiger partial charge in [0.2, 0.25) is 5.91 Å². The molecule has 1 amide bonds. The van der Waals surface area contributed by atoms with Gasteiger partial charge in [-0.15, -0.1) is 12.4 Å². The Bertz CT molecular complexity index is 466. The summed E-state index contributed by atoms with van der Waals surface area (Å²) in [7, 11) is 0. The highest BCUT2D eigenvalue weighted by Gasteiger charge is 2.22. The van der Waals surface area contributed by atoms with Gasteiger partial charge in [-0.25, -0.2) is 0 Å². The molecular weight excluding hydrogens is 296 g/mol. The van der Waals surface area contributed by atoms with Crippen LogP contribution < -0.4 is 10.6 Å². The van der Waals surface area contributed by atoms with Crippen molar-refractivity contribution in [1.29, 1.82) is 0 Å². The molecule has 4 heteroatoms. The number of aryl methyl sites for hydroxylation is 1. The van der Waals surface area contributed by atoms with Crippen molar-refractivity contribution >= 4 is 18.3 Å². The number of hydrogen-bond donors (Lipinski definition) is 2. The number of nitrogens with one attached hydrogen (secondary N) is 2. The SMILES string of the molecule is CCc1ccc(C(C)(C)CNC(=O)CNCC2CC2)cc1.Cl. The van der Waals surface area contributed by atoms with E-state index in [0.29, 0.717) is 13.1 Å². The van der Waals surface area contributed by atoms with Gasteiger partial charge in [0.25, 0.3) is 0 Å². The Morgan fingerprint density at radius 2 is 1.86 bits per heavy atom. The molecule has 2 N–H and O–H groups in total. The molecule has 1 aliphatic rings. The number of carbonyl (C=O) groups is 1. The minimum atomic E-state index is -0.0432. The average molecular weight is 325 g/mol. The van der Waals surface area contributed by atoms with Crippen molar-refractivity contribution in [3.63, 3.8) is 0 Å². The van der Waals surface area contributed by atoms with E-state index in [1.54, 1.807) is 0 Å². The Morgan fingerprint density at radius 3 is 2.41 bits per heavy atom. The maximum absolute atomic E-state index is 11.8. The summed E-state index contributed by atoms with van der Waals surface area (Å²) in [5, 5.41) is 6.27. The lowest BCUT2D eigenvalue weighted by molar-refractivity contribution is -0.120. The molecule has 124 valence electrons. The van der Waals surface area contributed by atoms with Gasteiger partial charge in [-0.1, -0.05) is 45.0 Å². The molecule has 0 spiro atoms. The minimum absolute atomic E-state index is 0. The molecule has 0 saturated heterocycles. The van der Waals surface area contributed by atoms with Crippen LogP contribution in [0.3, 0.4) is 0 Å². The smallest absolute Gasteiger partial charge is 0.233 e. The van der Waals surface area contributed by atoms with E-state index in [-0.39, 0.29) is 23.7 Å². The number of halogens is 1. The fourth-order valence-electron chi connectivity index (χ4n) is 2.39.